The molecule has 10 nitrogen and oxygen atoms in total. The lowest BCUT2D eigenvalue weighted by atomic mass is 9.99. The molecule has 1 aliphatic carbocycles. The fourth-order valence-corrected chi connectivity index (χ4v) is 4.95. The van der Waals surface area contributed by atoms with Gasteiger partial charge in [-0.15, -0.1) is 0 Å². The number of hydrogen-bond acceptors (Lipinski definition) is 7. The molecule has 0 radical (unpaired) electrons. The molecule has 1 atom stereocenters. The number of aryl methyl sites for hydroxylation is 1. The van der Waals surface area contributed by atoms with E-state index in [4.69, 9.17) is 32.7 Å². The highest BCUT2D eigenvalue weighted by molar-refractivity contribution is 6.34. The van der Waals surface area contributed by atoms with Crippen LogP contribution in [0.2, 0.25) is 5.02 Å². The van der Waals surface area contributed by atoms with Crippen molar-refractivity contribution in [2.45, 2.75) is 42.8 Å². The monoisotopic (exact) mass is 672 g/mol. The lowest BCUT2D eigenvalue weighted by Gasteiger charge is -2.30. The topological polar surface area (TPSA) is 115 Å². The van der Waals surface area contributed by atoms with Gasteiger partial charge in [0.25, 0.3) is 12.3 Å². The van der Waals surface area contributed by atoms with Crippen molar-refractivity contribution < 1.29 is 54.2 Å². The standard InChI is InChI=1S/C24H14Cl2F8N6O4/c1-38-18-15(16(37-38)22(28,23(29,30)31)24(32,33)34)44-17(27)14-12(7-36-40(14)18)10-2-3-13(26)11(6-10)19(41)39(20(42)43-9-25)21(8-35)4-5-21/h2-3,6-7,17H,4-5,9H2,1H3. The first-order chi connectivity index (χ1) is 20.4. The Morgan fingerprint density at radius 3 is 2.39 bits per heavy atom. The number of ether oxygens (including phenoxy) is 2. The highest BCUT2D eigenvalue weighted by Crippen LogP contribution is 2.57. The maximum atomic E-state index is 15.5. The average Bonchev–Trinajstić information content (AvgIpc) is 3.46. The molecule has 1 saturated carbocycles. The summed E-state index contributed by atoms with van der Waals surface area (Å²) in [5, 5.41) is 16.3. The Hall–Kier alpha value is -4.11. The van der Waals surface area contributed by atoms with Crippen molar-refractivity contribution in [2.24, 2.45) is 7.05 Å². The van der Waals surface area contributed by atoms with Gasteiger partial charge in [-0.3, -0.25) is 4.79 Å². The molecule has 2 amide bonds. The first-order valence-electron chi connectivity index (χ1n) is 12.0. The molecule has 44 heavy (non-hydrogen) atoms. The molecule has 1 unspecified atom stereocenters. The Morgan fingerprint density at radius 2 is 1.84 bits per heavy atom. The number of carbonyl (C=O) groups is 2. The number of nitriles is 1. The number of halogens is 10. The van der Waals surface area contributed by atoms with E-state index >= 15 is 4.39 Å². The Bertz CT molecular complexity index is 1710. The number of amides is 2. The summed E-state index contributed by atoms with van der Waals surface area (Å²) in [6.45, 7) is 0. The summed E-state index contributed by atoms with van der Waals surface area (Å²) in [7, 11) is 0.860. The quantitative estimate of drug-likeness (QED) is 0.227. The van der Waals surface area contributed by atoms with Gasteiger partial charge in [0.2, 0.25) is 0 Å². The number of alkyl halides is 9. The van der Waals surface area contributed by atoms with Crippen molar-refractivity contribution in [3.05, 3.63) is 46.4 Å². The third-order valence-corrected chi connectivity index (χ3v) is 7.40. The Kier molecular flexibility index (Phi) is 7.28. The van der Waals surface area contributed by atoms with Crippen LogP contribution in [-0.4, -0.2) is 60.4 Å². The highest BCUT2D eigenvalue weighted by Gasteiger charge is 2.76. The number of benzene rings is 1. The molecule has 3 heterocycles. The Balaban J connectivity index is 1.62. The molecule has 2 aromatic heterocycles. The maximum absolute atomic E-state index is 15.5. The molecule has 3 aromatic rings. The van der Waals surface area contributed by atoms with E-state index in [1.807, 2.05) is 6.07 Å². The molecule has 0 bridgehead atoms. The van der Waals surface area contributed by atoms with Crippen LogP contribution in [0.15, 0.2) is 24.4 Å². The lowest BCUT2D eigenvalue weighted by molar-refractivity contribution is -0.350. The summed E-state index contributed by atoms with van der Waals surface area (Å²) >= 11 is 11.7. The van der Waals surface area contributed by atoms with E-state index in [9.17, 15) is 45.6 Å². The minimum atomic E-state index is -6.56. The molecule has 0 saturated heterocycles. The number of hydrogen-bond donors (Lipinski definition) is 0. The van der Waals surface area contributed by atoms with Crippen LogP contribution in [-0.2, 0) is 17.5 Å². The maximum Gasteiger partial charge on any atom is 0.437 e. The smallest absolute Gasteiger partial charge is 0.437 e. The normalized spacial score (nSPS) is 17.2. The van der Waals surface area contributed by atoms with Gasteiger partial charge in [-0.1, -0.05) is 29.3 Å². The number of rotatable bonds is 5. The van der Waals surface area contributed by atoms with Gasteiger partial charge in [-0.25, -0.2) is 23.4 Å². The Labute approximate surface area is 250 Å². The molecule has 20 heteroatoms. The molecule has 5 rings (SSSR count). The van der Waals surface area contributed by atoms with Gasteiger partial charge < -0.3 is 9.47 Å². The fourth-order valence-electron chi connectivity index (χ4n) is 4.66. The molecule has 1 aromatic carbocycles. The summed E-state index contributed by atoms with van der Waals surface area (Å²) in [6, 6.07) is 4.71. The highest BCUT2D eigenvalue weighted by atomic mass is 35.5. The van der Waals surface area contributed by atoms with Gasteiger partial charge in [0, 0.05) is 12.6 Å². The van der Waals surface area contributed by atoms with Crippen LogP contribution in [0.3, 0.4) is 0 Å². The molecule has 1 fully saturated rings. The van der Waals surface area contributed by atoms with Gasteiger partial charge >= 0.3 is 24.1 Å². The van der Waals surface area contributed by atoms with Crippen LogP contribution in [0.5, 0.6) is 5.75 Å². The van der Waals surface area contributed by atoms with Gasteiger partial charge in [0.15, 0.2) is 23.3 Å². The second-order valence-electron chi connectivity index (χ2n) is 9.57. The van der Waals surface area contributed by atoms with Crippen molar-refractivity contribution in [1.82, 2.24) is 24.5 Å². The minimum Gasteiger partial charge on any atom is -0.448 e. The van der Waals surface area contributed by atoms with E-state index in [2.05, 4.69) is 10.2 Å². The van der Waals surface area contributed by atoms with E-state index in [-0.39, 0.29) is 34.6 Å². The molecule has 2 aliphatic rings. The van der Waals surface area contributed by atoms with E-state index < -0.39 is 70.9 Å². The van der Waals surface area contributed by atoms with Crippen molar-refractivity contribution in [2.75, 3.05) is 6.07 Å². The molecule has 234 valence electrons. The van der Waals surface area contributed by atoms with Gasteiger partial charge in [0.05, 0.1) is 22.9 Å². The van der Waals surface area contributed by atoms with Crippen LogP contribution in [0.1, 0.15) is 40.9 Å². The van der Waals surface area contributed by atoms with Crippen LogP contribution < -0.4 is 4.74 Å². The van der Waals surface area contributed by atoms with E-state index in [1.165, 1.54) is 12.1 Å². The number of carbonyl (C=O) groups excluding carboxylic acids is 2. The first-order valence-corrected chi connectivity index (χ1v) is 12.9. The van der Waals surface area contributed by atoms with Crippen molar-refractivity contribution in [3.8, 4) is 28.8 Å². The number of imide groups is 1. The molecule has 0 N–H and O–H groups in total. The van der Waals surface area contributed by atoms with Gasteiger partial charge in [0.1, 0.15) is 11.2 Å². The molecule has 0 spiro atoms. The second-order valence-corrected chi connectivity index (χ2v) is 10.2. The summed E-state index contributed by atoms with van der Waals surface area (Å²) < 4.78 is 122. The molecular formula is C24H14Cl2F8N6O4. The van der Waals surface area contributed by atoms with Crippen LogP contribution in [0, 0.1) is 11.3 Å². The van der Waals surface area contributed by atoms with Gasteiger partial charge in [-0.05, 0) is 30.5 Å². The summed E-state index contributed by atoms with van der Waals surface area (Å²) in [4.78, 5) is 26.6. The number of fused-ring (bicyclic) bond motifs is 3. The van der Waals surface area contributed by atoms with Crippen molar-refractivity contribution in [1.29, 1.82) is 5.26 Å². The number of nitrogens with zero attached hydrogens (tertiary/aromatic N) is 6. The molecular weight excluding hydrogens is 659 g/mol. The van der Waals surface area contributed by atoms with Gasteiger partial charge in [-0.2, -0.15) is 46.2 Å². The van der Waals surface area contributed by atoms with Crippen LogP contribution in [0.25, 0.3) is 16.9 Å². The third-order valence-electron chi connectivity index (χ3n) is 6.96. The minimum absolute atomic E-state index is 0.0334. The first kappa shape index (κ1) is 31.3. The van der Waals surface area contributed by atoms with Crippen molar-refractivity contribution >= 4 is 35.2 Å². The molecule has 1 aliphatic heterocycles. The third kappa shape index (κ3) is 4.51. The zero-order chi connectivity index (χ0) is 32.6. The van der Waals surface area contributed by atoms with Crippen LogP contribution in [0.4, 0.5) is 39.9 Å². The van der Waals surface area contributed by atoms with Crippen LogP contribution >= 0.6 is 23.2 Å². The predicted molar refractivity (Wildman–Crippen MR) is 131 cm³/mol. The Morgan fingerprint density at radius 1 is 1.20 bits per heavy atom. The largest absolute Gasteiger partial charge is 0.448 e. The van der Waals surface area contributed by atoms with E-state index in [0.29, 0.717) is 14.3 Å². The number of aromatic nitrogens is 4. The fraction of sp³-hybridized carbons (Fsp3) is 0.375. The van der Waals surface area contributed by atoms with E-state index in [0.717, 1.165) is 19.3 Å². The predicted octanol–water partition coefficient (Wildman–Crippen LogP) is 6.41. The summed E-state index contributed by atoms with van der Waals surface area (Å²) in [6.07, 6.45) is -16.0. The second kappa shape index (κ2) is 10.2. The van der Waals surface area contributed by atoms with E-state index in [1.54, 1.807) is 0 Å². The zero-order valence-electron chi connectivity index (χ0n) is 21.6. The summed E-state index contributed by atoms with van der Waals surface area (Å²) in [5.41, 5.74) is -11.0. The zero-order valence-corrected chi connectivity index (χ0v) is 23.1. The summed E-state index contributed by atoms with van der Waals surface area (Å²) in [5.74, 6) is -3.35. The van der Waals surface area contributed by atoms with Crippen molar-refractivity contribution in [3.63, 3.8) is 0 Å². The lowest BCUT2D eigenvalue weighted by Crippen LogP contribution is -2.51. The average molecular weight is 673 g/mol. The SMILES string of the molecule is Cn1nc(C(F)(C(F)(F)F)C(F)(F)F)c2c1-n1ncc(-c3ccc(Cl)c(C(=O)N(C(=O)OCCl)C4(C#N)CC4)c3)c1C(F)O2.